The van der Waals surface area contributed by atoms with Gasteiger partial charge in [0.1, 0.15) is 0 Å². The molecule has 1 rings (SSSR count). The Kier molecular flexibility index (Phi) is 4.34. The van der Waals surface area contributed by atoms with Crippen molar-refractivity contribution in [1.82, 2.24) is 0 Å². The average Bonchev–Trinajstić information content (AvgIpc) is 2.20. The summed E-state index contributed by atoms with van der Waals surface area (Å²) in [5, 5.41) is 0.761. The standard InChI is InChI=1S/C11H15BClN/c1-3-14(4-2)10-6-5-9(8-12)11(13)7-10/h5-7H,3-4,8H2,1-2H3. The Bertz CT molecular complexity index is 297. The van der Waals surface area contributed by atoms with E-state index in [-0.39, 0.29) is 0 Å². The molecule has 0 spiro atoms. The summed E-state index contributed by atoms with van der Waals surface area (Å²) in [6.07, 6.45) is 0.497. The van der Waals surface area contributed by atoms with E-state index in [9.17, 15) is 0 Å². The molecule has 0 saturated heterocycles. The lowest BCUT2D eigenvalue weighted by Crippen LogP contribution is -2.21. The van der Waals surface area contributed by atoms with Gasteiger partial charge < -0.3 is 4.90 Å². The lowest BCUT2D eigenvalue weighted by atomic mass is 9.97. The van der Waals surface area contributed by atoms with E-state index in [0.717, 1.165) is 29.4 Å². The molecule has 0 atom stereocenters. The van der Waals surface area contributed by atoms with Crippen molar-refractivity contribution in [2.75, 3.05) is 18.0 Å². The normalized spacial score (nSPS) is 10.2. The summed E-state index contributed by atoms with van der Waals surface area (Å²) in [7, 11) is 5.54. The second-order valence-electron chi connectivity index (χ2n) is 3.15. The Morgan fingerprint density at radius 3 is 2.36 bits per heavy atom. The molecule has 0 saturated carbocycles. The molecule has 0 bridgehead atoms. The van der Waals surface area contributed by atoms with Crippen LogP contribution in [0, 0.1) is 0 Å². The van der Waals surface area contributed by atoms with Crippen molar-refractivity contribution < 1.29 is 0 Å². The van der Waals surface area contributed by atoms with E-state index in [1.165, 1.54) is 0 Å². The van der Waals surface area contributed by atoms with Crippen LogP contribution in [0.25, 0.3) is 0 Å². The van der Waals surface area contributed by atoms with Crippen LogP contribution in [0.1, 0.15) is 19.4 Å². The predicted molar refractivity (Wildman–Crippen MR) is 64.5 cm³/mol. The van der Waals surface area contributed by atoms with E-state index in [4.69, 9.17) is 19.4 Å². The number of hydrogen-bond acceptors (Lipinski definition) is 1. The number of benzene rings is 1. The Morgan fingerprint density at radius 1 is 1.29 bits per heavy atom. The number of hydrogen-bond donors (Lipinski definition) is 0. The number of rotatable bonds is 4. The fraction of sp³-hybridized carbons (Fsp3) is 0.455. The Balaban J connectivity index is 2.95. The van der Waals surface area contributed by atoms with Crippen molar-refractivity contribution in [2.24, 2.45) is 0 Å². The summed E-state index contributed by atoms with van der Waals surface area (Å²) in [6.45, 7) is 6.26. The first-order valence-corrected chi connectivity index (χ1v) is 5.34. The van der Waals surface area contributed by atoms with Gasteiger partial charge in [0.05, 0.1) is 7.85 Å². The molecule has 2 radical (unpaired) electrons. The quantitative estimate of drug-likeness (QED) is 0.686. The third-order valence-electron chi connectivity index (χ3n) is 2.39. The number of anilines is 1. The fourth-order valence-corrected chi connectivity index (χ4v) is 1.74. The minimum absolute atomic E-state index is 0.497. The number of nitrogens with zero attached hydrogens (tertiary/aromatic N) is 1. The average molecular weight is 208 g/mol. The highest BCUT2D eigenvalue weighted by Gasteiger charge is 2.04. The topological polar surface area (TPSA) is 3.24 Å². The van der Waals surface area contributed by atoms with Gasteiger partial charge in [-0.25, -0.2) is 0 Å². The third-order valence-corrected chi connectivity index (χ3v) is 2.74. The van der Waals surface area contributed by atoms with E-state index in [2.05, 4.69) is 24.8 Å². The van der Waals surface area contributed by atoms with Gasteiger partial charge in [-0.05, 0) is 31.5 Å². The van der Waals surface area contributed by atoms with Gasteiger partial charge in [0, 0.05) is 23.8 Å². The molecule has 74 valence electrons. The van der Waals surface area contributed by atoms with Crippen molar-refractivity contribution in [3.63, 3.8) is 0 Å². The van der Waals surface area contributed by atoms with Crippen molar-refractivity contribution in [2.45, 2.75) is 20.2 Å². The summed E-state index contributed by atoms with van der Waals surface area (Å²) >= 11 is 6.08. The van der Waals surface area contributed by atoms with E-state index < -0.39 is 0 Å². The molecule has 1 nitrogen and oxygen atoms in total. The van der Waals surface area contributed by atoms with Crippen LogP contribution in [0.15, 0.2) is 18.2 Å². The second-order valence-corrected chi connectivity index (χ2v) is 3.56. The third kappa shape index (κ3) is 2.45. The Morgan fingerprint density at radius 2 is 1.93 bits per heavy atom. The van der Waals surface area contributed by atoms with Crippen LogP contribution in [0.5, 0.6) is 0 Å². The molecule has 0 amide bonds. The largest absolute Gasteiger partial charge is 0.372 e. The molecule has 14 heavy (non-hydrogen) atoms. The van der Waals surface area contributed by atoms with Gasteiger partial charge in [-0.15, -0.1) is 0 Å². The molecule has 3 heteroatoms. The van der Waals surface area contributed by atoms with Crippen LogP contribution >= 0.6 is 11.6 Å². The Labute approximate surface area is 92.5 Å². The van der Waals surface area contributed by atoms with Gasteiger partial charge in [-0.2, -0.15) is 0 Å². The van der Waals surface area contributed by atoms with Crippen LogP contribution in [0.3, 0.4) is 0 Å². The molecule has 0 heterocycles. The van der Waals surface area contributed by atoms with Crippen LogP contribution in [0.2, 0.25) is 5.02 Å². The van der Waals surface area contributed by atoms with Crippen molar-refractivity contribution >= 4 is 25.1 Å². The molecule has 0 aromatic heterocycles. The summed E-state index contributed by atoms with van der Waals surface area (Å²) in [5.41, 5.74) is 2.17. The maximum absolute atomic E-state index is 6.08. The molecular formula is C11H15BClN. The number of halogens is 1. The van der Waals surface area contributed by atoms with E-state index in [1.54, 1.807) is 0 Å². The zero-order valence-electron chi connectivity index (χ0n) is 8.76. The lowest BCUT2D eigenvalue weighted by Gasteiger charge is -2.21. The fourth-order valence-electron chi connectivity index (χ4n) is 1.49. The predicted octanol–water partition coefficient (Wildman–Crippen LogP) is 2.85. The minimum Gasteiger partial charge on any atom is -0.372 e. The van der Waals surface area contributed by atoms with Crippen molar-refractivity contribution in [3.8, 4) is 0 Å². The first-order valence-electron chi connectivity index (χ1n) is 4.96. The van der Waals surface area contributed by atoms with E-state index in [1.807, 2.05) is 12.1 Å². The summed E-state index contributed by atoms with van der Waals surface area (Å²) in [4.78, 5) is 2.26. The molecule has 0 fully saturated rings. The molecule has 1 aromatic rings. The van der Waals surface area contributed by atoms with Crippen molar-refractivity contribution in [1.29, 1.82) is 0 Å². The van der Waals surface area contributed by atoms with Gasteiger partial charge in [0.2, 0.25) is 0 Å². The van der Waals surface area contributed by atoms with Gasteiger partial charge in [-0.3, -0.25) is 0 Å². The van der Waals surface area contributed by atoms with Crippen LogP contribution < -0.4 is 4.90 Å². The SMILES string of the molecule is [B]Cc1ccc(N(CC)CC)cc1Cl. The van der Waals surface area contributed by atoms with Gasteiger partial charge in [0.15, 0.2) is 0 Å². The summed E-state index contributed by atoms with van der Waals surface area (Å²) < 4.78 is 0. The van der Waals surface area contributed by atoms with Crippen LogP contribution in [-0.4, -0.2) is 20.9 Å². The monoisotopic (exact) mass is 207 g/mol. The molecule has 1 aromatic carbocycles. The second kappa shape index (κ2) is 5.30. The molecule has 0 N–H and O–H groups in total. The van der Waals surface area contributed by atoms with Gasteiger partial charge in [-0.1, -0.05) is 24.0 Å². The summed E-state index contributed by atoms with van der Waals surface area (Å²) in [6, 6.07) is 6.05. The van der Waals surface area contributed by atoms with Crippen LogP contribution in [0.4, 0.5) is 5.69 Å². The highest BCUT2D eigenvalue weighted by Crippen LogP contribution is 2.23. The van der Waals surface area contributed by atoms with E-state index in [0.29, 0.717) is 6.32 Å². The first-order chi connectivity index (χ1) is 6.72. The molecule has 0 aliphatic carbocycles. The minimum atomic E-state index is 0.497. The molecule has 0 unspecified atom stereocenters. The van der Waals surface area contributed by atoms with E-state index >= 15 is 0 Å². The lowest BCUT2D eigenvalue weighted by molar-refractivity contribution is 0.866. The zero-order chi connectivity index (χ0) is 10.6. The Hall–Kier alpha value is -0.625. The van der Waals surface area contributed by atoms with Gasteiger partial charge in [0.25, 0.3) is 0 Å². The van der Waals surface area contributed by atoms with Crippen LogP contribution in [-0.2, 0) is 6.32 Å². The highest BCUT2D eigenvalue weighted by molar-refractivity contribution is 6.32. The molecule has 0 aliphatic rings. The van der Waals surface area contributed by atoms with Crippen molar-refractivity contribution in [3.05, 3.63) is 28.8 Å². The summed E-state index contributed by atoms with van der Waals surface area (Å²) in [5.74, 6) is 0. The maximum atomic E-state index is 6.08. The smallest absolute Gasteiger partial charge is 0.0717 e. The maximum Gasteiger partial charge on any atom is 0.0717 e. The molecule has 0 aliphatic heterocycles. The molecular weight excluding hydrogens is 192 g/mol. The van der Waals surface area contributed by atoms with Gasteiger partial charge >= 0.3 is 0 Å². The highest BCUT2D eigenvalue weighted by atomic mass is 35.5. The first kappa shape index (κ1) is 11.4. The zero-order valence-corrected chi connectivity index (χ0v) is 9.51.